The highest BCUT2D eigenvalue weighted by Gasteiger charge is 2.22. The number of aromatic amines is 1. The summed E-state index contributed by atoms with van der Waals surface area (Å²) in [6, 6.07) is 5.67. The number of H-pyrrole nitrogens is 1. The molecular formula is C13H14N2O3. The zero-order valence-electron chi connectivity index (χ0n) is 10.1. The molecule has 18 heavy (non-hydrogen) atoms. The molecule has 5 nitrogen and oxygen atoms in total. The summed E-state index contributed by atoms with van der Waals surface area (Å²) >= 11 is 0. The number of hydrogen-bond acceptors (Lipinski definition) is 4. The average molecular weight is 246 g/mol. The minimum atomic E-state index is -0.339. The first-order valence-electron chi connectivity index (χ1n) is 5.94. The largest absolute Gasteiger partial charge is 0.494 e. The zero-order chi connectivity index (χ0) is 12.5. The first-order chi connectivity index (χ1) is 8.79. The second-order valence-corrected chi connectivity index (χ2v) is 4.37. The van der Waals surface area contributed by atoms with E-state index in [1.807, 2.05) is 18.2 Å². The number of ether oxygens (including phenoxy) is 2. The minimum Gasteiger partial charge on any atom is -0.494 e. The van der Waals surface area contributed by atoms with Gasteiger partial charge in [-0.2, -0.15) is 4.98 Å². The predicted octanol–water partition coefficient (Wildman–Crippen LogP) is 1.44. The van der Waals surface area contributed by atoms with E-state index in [2.05, 4.69) is 9.97 Å². The van der Waals surface area contributed by atoms with Gasteiger partial charge in [0.2, 0.25) is 0 Å². The van der Waals surface area contributed by atoms with Gasteiger partial charge < -0.3 is 14.5 Å². The van der Waals surface area contributed by atoms with E-state index in [1.165, 1.54) is 0 Å². The van der Waals surface area contributed by atoms with E-state index in [0.29, 0.717) is 17.9 Å². The highest BCUT2D eigenvalue weighted by atomic mass is 16.5. The number of nitrogens with one attached hydrogen (secondary N) is 1. The molecule has 1 unspecified atom stereocenters. The lowest BCUT2D eigenvalue weighted by Crippen LogP contribution is -2.16. The normalized spacial score (nSPS) is 19.3. The van der Waals surface area contributed by atoms with Gasteiger partial charge in [-0.15, -0.1) is 0 Å². The van der Waals surface area contributed by atoms with Crippen molar-refractivity contribution < 1.29 is 9.47 Å². The molecule has 0 bridgehead atoms. The molecule has 3 rings (SSSR count). The first-order valence-corrected chi connectivity index (χ1v) is 5.94. The van der Waals surface area contributed by atoms with Gasteiger partial charge >= 0.3 is 5.69 Å². The molecule has 0 saturated carbocycles. The van der Waals surface area contributed by atoms with Crippen molar-refractivity contribution in [3.8, 4) is 5.75 Å². The van der Waals surface area contributed by atoms with Crippen LogP contribution in [0.15, 0.2) is 23.0 Å². The van der Waals surface area contributed by atoms with Crippen LogP contribution < -0.4 is 10.4 Å². The monoisotopic (exact) mass is 246 g/mol. The Hall–Kier alpha value is -1.88. The maximum absolute atomic E-state index is 11.7. The summed E-state index contributed by atoms with van der Waals surface area (Å²) in [5.41, 5.74) is 1.18. The third-order valence-corrected chi connectivity index (χ3v) is 3.30. The van der Waals surface area contributed by atoms with Gasteiger partial charge in [0, 0.05) is 23.6 Å². The third-order valence-electron chi connectivity index (χ3n) is 3.30. The van der Waals surface area contributed by atoms with Crippen LogP contribution in [0.2, 0.25) is 0 Å². The van der Waals surface area contributed by atoms with Gasteiger partial charge in [0.1, 0.15) is 11.3 Å². The average Bonchev–Trinajstić information content (AvgIpc) is 2.90. The van der Waals surface area contributed by atoms with E-state index in [9.17, 15) is 4.79 Å². The molecule has 0 spiro atoms. The van der Waals surface area contributed by atoms with E-state index in [4.69, 9.17) is 9.47 Å². The third kappa shape index (κ3) is 1.76. The molecule has 5 heteroatoms. The Morgan fingerprint density at radius 1 is 1.50 bits per heavy atom. The highest BCUT2D eigenvalue weighted by Crippen LogP contribution is 2.31. The molecule has 1 N–H and O–H groups in total. The molecule has 1 aliphatic rings. The van der Waals surface area contributed by atoms with E-state index >= 15 is 0 Å². The number of fused-ring (bicyclic) bond motifs is 1. The van der Waals surface area contributed by atoms with Crippen LogP contribution in [-0.4, -0.2) is 30.3 Å². The van der Waals surface area contributed by atoms with Gasteiger partial charge in [-0.05, 0) is 12.5 Å². The van der Waals surface area contributed by atoms with Gasteiger partial charge in [-0.1, -0.05) is 12.1 Å². The van der Waals surface area contributed by atoms with Gasteiger partial charge in [0.25, 0.3) is 0 Å². The van der Waals surface area contributed by atoms with E-state index in [0.717, 1.165) is 24.1 Å². The topological polar surface area (TPSA) is 64.2 Å². The lowest BCUT2D eigenvalue weighted by atomic mass is 10.00. The van der Waals surface area contributed by atoms with E-state index in [1.54, 1.807) is 7.11 Å². The number of benzene rings is 1. The standard InChI is InChI=1S/C13H14N2O3/c1-17-10-4-2-3-9-11(8-5-6-18-7-8)14-13(16)15-12(9)10/h2-4,8H,5-7H2,1H3,(H,14,15,16). The first kappa shape index (κ1) is 11.2. The number of para-hydroxylation sites is 1. The fourth-order valence-electron chi connectivity index (χ4n) is 2.42. The molecule has 1 saturated heterocycles. The molecular weight excluding hydrogens is 232 g/mol. The molecule has 2 heterocycles. The number of methoxy groups -OCH3 is 1. The van der Waals surface area contributed by atoms with Crippen molar-refractivity contribution in [2.75, 3.05) is 20.3 Å². The van der Waals surface area contributed by atoms with E-state index < -0.39 is 0 Å². The maximum Gasteiger partial charge on any atom is 0.345 e. The van der Waals surface area contributed by atoms with Crippen LogP contribution in [0.3, 0.4) is 0 Å². The van der Waals surface area contributed by atoms with E-state index in [-0.39, 0.29) is 11.6 Å². The number of nitrogens with zero attached hydrogens (tertiary/aromatic N) is 1. The van der Waals surface area contributed by atoms with Gasteiger partial charge in [0.05, 0.1) is 13.7 Å². The second kappa shape index (κ2) is 4.42. The predicted molar refractivity (Wildman–Crippen MR) is 67.1 cm³/mol. The number of aromatic nitrogens is 2. The number of hydrogen-bond donors (Lipinski definition) is 1. The molecule has 94 valence electrons. The summed E-state index contributed by atoms with van der Waals surface area (Å²) in [6.45, 7) is 1.38. The van der Waals surface area contributed by atoms with Crippen LogP contribution in [0.1, 0.15) is 18.0 Å². The van der Waals surface area contributed by atoms with Gasteiger partial charge in [-0.3, -0.25) is 0 Å². The zero-order valence-corrected chi connectivity index (χ0v) is 10.1. The summed E-state index contributed by atoms with van der Waals surface area (Å²) in [6.07, 6.45) is 0.923. The van der Waals surface area contributed by atoms with Crippen molar-refractivity contribution in [1.29, 1.82) is 0 Å². The summed E-state index contributed by atoms with van der Waals surface area (Å²) in [4.78, 5) is 18.5. The highest BCUT2D eigenvalue weighted by molar-refractivity contribution is 5.86. The Balaban J connectivity index is 2.27. The molecule has 1 fully saturated rings. The van der Waals surface area contributed by atoms with Crippen LogP contribution in [0, 0.1) is 0 Å². The maximum atomic E-state index is 11.7. The van der Waals surface area contributed by atoms with Crippen molar-refractivity contribution in [2.24, 2.45) is 0 Å². The summed E-state index contributed by atoms with van der Waals surface area (Å²) < 4.78 is 10.6. The summed E-state index contributed by atoms with van der Waals surface area (Å²) in [5, 5.41) is 0.935. The molecule has 0 aliphatic carbocycles. The van der Waals surface area contributed by atoms with Crippen LogP contribution in [0.5, 0.6) is 5.75 Å². The summed E-state index contributed by atoms with van der Waals surface area (Å²) in [7, 11) is 1.58. The smallest absolute Gasteiger partial charge is 0.345 e. The Morgan fingerprint density at radius 3 is 3.11 bits per heavy atom. The van der Waals surface area contributed by atoms with Crippen LogP contribution in [-0.2, 0) is 4.74 Å². The van der Waals surface area contributed by atoms with Gasteiger partial charge in [0.15, 0.2) is 0 Å². The molecule has 1 aromatic carbocycles. The van der Waals surface area contributed by atoms with Crippen LogP contribution in [0.4, 0.5) is 0 Å². The van der Waals surface area contributed by atoms with Crippen molar-refractivity contribution in [3.05, 3.63) is 34.4 Å². The molecule has 2 aromatic rings. The SMILES string of the molecule is COc1cccc2c(C3CCOC3)[nH]c(=O)nc12. The van der Waals surface area contributed by atoms with Gasteiger partial charge in [-0.25, -0.2) is 4.79 Å². The number of rotatable bonds is 2. The Kier molecular flexibility index (Phi) is 2.76. The second-order valence-electron chi connectivity index (χ2n) is 4.37. The molecule has 1 aromatic heterocycles. The van der Waals surface area contributed by atoms with Crippen LogP contribution in [0.25, 0.3) is 10.9 Å². The van der Waals surface area contributed by atoms with Crippen molar-refractivity contribution >= 4 is 10.9 Å². The Morgan fingerprint density at radius 2 is 2.39 bits per heavy atom. The van der Waals surface area contributed by atoms with Crippen LogP contribution >= 0.6 is 0 Å². The van der Waals surface area contributed by atoms with Crippen molar-refractivity contribution in [1.82, 2.24) is 9.97 Å². The molecule has 0 radical (unpaired) electrons. The van der Waals surface area contributed by atoms with Crippen molar-refractivity contribution in [3.63, 3.8) is 0 Å². The quantitative estimate of drug-likeness (QED) is 0.870. The minimum absolute atomic E-state index is 0.232. The molecule has 1 aliphatic heterocycles. The fourth-order valence-corrected chi connectivity index (χ4v) is 2.42. The molecule has 0 amide bonds. The molecule has 1 atom stereocenters. The fraction of sp³-hybridized carbons (Fsp3) is 0.385. The van der Waals surface area contributed by atoms with Crippen molar-refractivity contribution in [2.45, 2.75) is 12.3 Å². The Labute approximate surface area is 104 Å². The lowest BCUT2D eigenvalue weighted by molar-refractivity contribution is 0.193. The Bertz CT molecular complexity index is 630. The lowest BCUT2D eigenvalue weighted by Gasteiger charge is -2.12. The summed E-state index contributed by atoms with van der Waals surface area (Å²) in [5.74, 6) is 0.856.